The third-order valence-corrected chi connectivity index (χ3v) is 0.162. The molecule has 0 bridgehead atoms. The van der Waals surface area contributed by atoms with Gasteiger partial charge in [0.05, 0.1) is 16.8 Å². The molecule has 0 fully saturated rings. The van der Waals surface area contributed by atoms with E-state index in [4.69, 9.17) is 14.3 Å². The predicted molar refractivity (Wildman–Crippen MR) is 18.8 cm³/mol. The van der Waals surface area contributed by atoms with Crippen LogP contribution in [-0.4, -0.2) is 22.9 Å². The Kier molecular flexibility index (Phi) is 0.687. The molecule has 0 spiro atoms. The summed E-state index contributed by atoms with van der Waals surface area (Å²) in [6, 6.07) is 0. The van der Waals surface area contributed by atoms with Crippen molar-refractivity contribution in [2.24, 2.45) is 0 Å². The molecule has 0 amide bonds. The van der Waals surface area contributed by atoms with Gasteiger partial charge in [0.15, 0.2) is 0 Å². The summed E-state index contributed by atoms with van der Waals surface area (Å²) in [7, 11) is 0. The molecule has 0 aromatic heterocycles. The maximum absolute atomic E-state index is 8.40. The van der Waals surface area contributed by atoms with Crippen LogP contribution in [-0.2, 0) is 0 Å². The second-order valence-corrected chi connectivity index (χ2v) is 0.697. The highest BCUT2D eigenvalue weighted by Crippen LogP contribution is 1.68. The van der Waals surface area contributed by atoms with Crippen molar-refractivity contribution in [1.29, 1.82) is 0 Å². The molecule has 0 aliphatic heterocycles. The van der Waals surface area contributed by atoms with Crippen molar-refractivity contribution < 1.29 is 14.3 Å². The SMILES string of the molecule is [2H]C([2H])(O)C([2H])(C)O. The summed E-state index contributed by atoms with van der Waals surface area (Å²) in [4.78, 5) is 0. The third-order valence-electron chi connectivity index (χ3n) is 0.162. The van der Waals surface area contributed by atoms with Crippen LogP contribution >= 0.6 is 0 Å². The summed E-state index contributed by atoms with van der Waals surface area (Å²) in [5.41, 5.74) is 0. The van der Waals surface area contributed by atoms with Crippen LogP contribution in [0.5, 0.6) is 0 Å². The van der Waals surface area contributed by atoms with Gasteiger partial charge < -0.3 is 10.2 Å². The maximum Gasteiger partial charge on any atom is 0.0742 e. The molecule has 32 valence electrons. The molecule has 0 rings (SSSR count). The standard InChI is InChI=1S/C3H8O2/c1-3(5)2-4/h3-5H,2H2,1H3/i2D2,3D. The van der Waals surface area contributed by atoms with Crippen LogP contribution in [0.1, 0.15) is 11.0 Å². The molecule has 1 unspecified atom stereocenters. The molecule has 0 saturated carbocycles. The van der Waals surface area contributed by atoms with E-state index in [1.54, 1.807) is 0 Å². The summed E-state index contributed by atoms with van der Waals surface area (Å²) >= 11 is 0. The van der Waals surface area contributed by atoms with E-state index in [-0.39, 0.29) is 0 Å². The number of hydrogen-bond acceptors (Lipinski definition) is 2. The molecule has 0 radical (unpaired) electrons. The van der Waals surface area contributed by atoms with E-state index in [0.29, 0.717) is 0 Å². The van der Waals surface area contributed by atoms with Crippen LogP contribution in [0.4, 0.5) is 0 Å². The number of aliphatic hydroxyl groups is 2. The first-order valence-electron chi connectivity index (χ1n) is 2.70. The van der Waals surface area contributed by atoms with Crippen LogP contribution in [0.2, 0.25) is 0 Å². The summed E-state index contributed by atoms with van der Waals surface area (Å²) in [5.74, 6) is 0. The molecule has 2 heteroatoms. The van der Waals surface area contributed by atoms with Crippen molar-refractivity contribution in [3.05, 3.63) is 0 Å². The first-order valence-corrected chi connectivity index (χ1v) is 1.20. The van der Waals surface area contributed by atoms with Gasteiger partial charge in [-0.05, 0) is 6.92 Å². The lowest BCUT2D eigenvalue weighted by Crippen LogP contribution is -2.03. The fourth-order valence-electron chi connectivity index (χ4n) is 0. The topological polar surface area (TPSA) is 40.5 Å². The maximum atomic E-state index is 8.40. The summed E-state index contributed by atoms with van der Waals surface area (Å²) < 4.78 is 19.2. The van der Waals surface area contributed by atoms with Crippen molar-refractivity contribution in [3.63, 3.8) is 0 Å². The smallest absolute Gasteiger partial charge is 0.0742 e. The zero-order chi connectivity index (χ0) is 7.00. The van der Waals surface area contributed by atoms with Gasteiger partial charge in [0, 0.05) is 0 Å². The van der Waals surface area contributed by atoms with Gasteiger partial charge in [-0.1, -0.05) is 0 Å². The van der Waals surface area contributed by atoms with Crippen LogP contribution in [0.25, 0.3) is 0 Å². The van der Waals surface area contributed by atoms with E-state index in [1.165, 1.54) is 0 Å². The lowest BCUT2D eigenvalue weighted by Gasteiger charge is -1.90. The van der Waals surface area contributed by atoms with Crippen LogP contribution in [0, 0.1) is 0 Å². The molecule has 0 aliphatic rings. The Morgan fingerprint density at radius 2 is 2.60 bits per heavy atom. The molecule has 1 atom stereocenters. The second kappa shape index (κ2) is 2.18. The lowest BCUT2D eigenvalue weighted by atomic mass is 10.5. The Balaban J connectivity index is 4.02. The van der Waals surface area contributed by atoms with Crippen molar-refractivity contribution in [1.82, 2.24) is 0 Å². The predicted octanol–water partition coefficient (Wildman–Crippen LogP) is -0.641. The van der Waals surface area contributed by atoms with Gasteiger partial charge in [0.2, 0.25) is 0 Å². The number of rotatable bonds is 1. The van der Waals surface area contributed by atoms with Gasteiger partial charge in [-0.25, -0.2) is 0 Å². The lowest BCUT2D eigenvalue weighted by molar-refractivity contribution is 0.110. The average Bonchev–Trinajstić information content (AvgIpc) is 1.25. The highest BCUT2D eigenvalue weighted by molar-refractivity contribution is 4.33. The first-order chi connectivity index (χ1) is 3.25. The van der Waals surface area contributed by atoms with Crippen LogP contribution < -0.4 is 0 Å². The zero-order valence-electron chi connectivity index (χ0n) is 5.89. The third kappa shape index (κ3) is 3.92. The Morgan fingerprint density at radius 1 is 2.40 bits per heavy atom. The van der Waals surface area contributed by atoms with Gasteiger partial charge in [0.1, 0.15) is 0 Å². The zero-order valence-corrected chi connectivity index (χ0v) is 2.89. The van der Waals surface area contributed by atoms with E-state index in [2.05, 4.69) is 0 Å². The second-order valence-electron chi connectivity index (χ2n) is 0.697. The van der Waals surface area contributed by atoms with E-state index < -0.39 is 12.6 Å². The van der Waals surface area contributed by atoms with E-state index >= 15 is 0 Å². The van der Waals surface area contributed by atoms with E-state index in [9.17, 15) is 0 Å². The van der Waals surface area contributed by atoms with Gasteiger partial charge >= 0.3 is 0 Å². The monoisotopic (exact) mass is 79.1 g/mol. The quantitative estimate of drug-likeness (QED) is 0.439. The molecular weight excluding hydrogens is 68.0 g/mol. The van der Waals surface area contributed by atoms with Crippen LogP contribution in [0.15, 0.2) is 0 Å². The summed E-state index contributed by atoms with van der Waals surface area (Å²) in [6.45, 7) is -1.97. The largest absolute Gasteiger partial charge is 0.394 e. The molecule has 5 heavy (non-hydrogen) atoms. The Labute approximate surface area is 35.3 Å². The molecule has 0 saturated heterocycles. The van der Waals surface area contributed by atoms with Crippen LogP contribution in [0.3, 0.4) is 0 Å². The molecule has 2 N–H and O–H groups in total. The van der Waals surface area contributed by atoms with E-state index in [1.807, 2.05) is 0 Å². The molecule has 0 heterocycles. The Hall–Kier alpha value is -0.0800. The highest BCUT2D eigenvalue weighted by Gasteiger charge is 1.83. The first kappa shape index (κ1) is 1.58. The van der Waals surface area contributed by atoms with Gasteiger partial charge in [-0.15, -0.1) is 0 Å². The highest BCUT2D eigenvalue weighted by atomic mass is 16.3. The minimum Gasteiger partial charge on any atom is -0.394 e. The number of hydrogen-bond donors (Lipinski definition) is 2. The summed E-state index contributed by atoms with van der Waals surface area (Å²) in [5, 5.41) is 16.6. The fraction of sp³-hybridized carbons (Fsp3) is 1.00. The molecule has 2 nitrogen and oxygen atoms in total. The van der Waals surface area contributed by atoms with Crippen molar-refractivity contribution in [2.75, 3.05) is 6.56 Å². The molecule has 0 aliphatic carbocycles. The summed E-state index contributed by atoms with van der Waals surface area (Å²) in [6.07, 6.45) is -2.42. The minimum absolute atomic E-state index is 0.868. The Morgan fingerprint density at radius 3 is 2.60 bits per heavy atom. The average molecular weight is 79.1 g/mol. The fourth-order valence-corrected chi connectivity index (χ4v) is 0. The minimum atomic E-state index is -2.84. The molecule has 0 aromatic carbocycles. The van der Waals surface area contributed by atoms with Gasteiger partial charge in [0.25, 0.3) is 0 Å². The van der Waals surface area contributed by atoms with Crippen molar-refractivity contribution in [3.8, 4) is 0 Å². The van der Waals surface area contributed by atoms with Gasteiger partial charge in [-0.2, -0.15) is 0 Å². The van der Waals surface area contributed by atoms with Crippen molar-refractivity contribution >= 4 is 0 Å². The van der Waals surface area contributed by atoms with Gasteiger partial charge in [-0.3, -0.25) is 0 Å². The molecular formula is C3H8O2. The van der Waals surface area contributed by atoms with Crippen molar-refractivity contribution in [2.45, 2.75) is 13.0 Å². The normalized spacial score (nSPS) is 33.0. The van der Waals surface area contributed by atoms with E-state index in [0.717, 1.165) is 6.92 Å². The Bertz CT molecular complexity index is 67.5. The molecule has 0 aromatic rings.